The number of Topliss-reactive ketones (excluding diaryl/α,β-unsaturated/α-hetero) is 1. The molecule has 0 unspecified atom stereocenters. The van der Waals surface area contributed by atoms with Crippen LogP contribution < -0.4 is 0 Å². The van der Waals surface area contributed by atoms with Crippen molar-refractivity contribution in [2.45, 2.75) is 11.8 Å². The van der Waals surface area contributed by atoms with E-state index in [1.807, 2.05) is 25.1 Å². The number of ketones is 1. The molecule has 4 nitrogen and oxygen atoms in total. The topological polar surface area (TPSA) is 60.2 Å². The average Bonchev–Trinajstić information content (AvgIpc) is 2.45. The number of thioether (sulfide) groups is 1. The van der Waals surface area contributed by atoms with Crippen LogP contribution in [0.3, 0.4) is 0 Å². The Morgan fingerprint density at radius 1 is 1.15 bits per heavy atom. The first-order valence-electron chi connectivity index (χ1n) is 6.04. The van der Waals surface area contributed by atoms with Crippen LogP contribution in [0.2, 0.25) is 0 Å². The summed E-state index contributed by atoms with van der Waals surface area (Å²) >= 11 is 1.20. The lowest BCUT2D eigenvalue weighted by Crippen LogP contribution is -2.04. The normalized spacial score (nSPS) is 10.2. The molecule has 0 fully saturated rings. The third-order valence-corrected chi connectivity index (χ3v) is 3.93. The SMILES string of the molecule is Cc1ccccc1C(=O)CSc1ccccc1[N+](=O)[O-]. The summed E-state index contributed by atoms with van der Waals surface area (Å²) in [7, 11) is 0. The second-order valence-corrected chi connectivity index (χ2v) is 5.27. The van der Waals surface area contributed by atoms with Gasteiger partial charge in [-0.2, -0.15) is 0 Å². The van der Waals surface area contributed by atoms with Gasteiger partial charge in [-0.3, -0.25) is 14.9 Å². The molecule has 2 aromatic rings. The molecule has 0 aromatic heterocycles. The number of para-hydroxylation sites is 1. The summed E-state index contributed by atoms with van der Waals surface area (Å²) in [5.74, 6) is 0.168. The Morgan fingerprint density at radius 2 is 1.80 bits per heavy atom. The van der Waals surface area contributed by atoms with E-state index in [1.165, 1.54) is 17.8 Å². The number of nitro benzene ring substituents is 1. The first-order valence-corrected chi connectivity index (χ1v) is 7.03. The number of aryl methyl sites for hydroxylation is 1. The van der Waals surface area contributed by atoms with Gasteiger partial charge in [0.25, 0.3) is 5.69 Å². The monoisotopic (exact) mass is 287 g/mol. The fourth-order valence-electron chi connectivity index (χ4n) is 1.84. The summed E-state index contributed by atoms with van der Waals surface area (Å²) in [6.07, 6.45) is 0. The number of hydrogen-bond acceptors (Lipinski definition) is 4. The van der Waals surface area contributed by atoms with Crippen molar-refractivity contribution in [1.29, 1.82) is 0 Å². The molecule has 5 heteroatoms. The minimum Gasteiger partial charge on any atom is -0.293 e. The summed E-state index contributed by atoms with van der Waals surface area (Å²) in [6, 6.07) is 13.8. The van der Waals surface area contributed by atoms with Gasteiger partial charge in [-0.1, -0.05) is 36.4 Å². The second-order valence-electron chi connectivity index (χ2n) is 4.25. The van der Waals surface area contributed by atoms with E-state index >= 15 is 0 Å². The van der Waals surface area contributed by atoms with E-state index in [0.717, 1.165) is 5.56 Å². The van der Waals surface area contributed by atoms with E-state index < -0.39 is 4.92 Å². The largest absolute Gasteiger partial charge is 0.293 e. The molecule has 0 radical (unpaired) electrons. The van der Waals surface area contributed by atoms with Crippen LogP contribution >= 0.6 is 11.8 Å². The maximum atomic E-state index is 12.1. The van der Waals surface area contributed by atoms with Crippen molar-refractivity contribution < 1.29 is 9.72 Å². The quantitative estimate of drug-likeness (QED) is 0.362. The molecule has 0 bridgehead atoms. The first kappa shape index (κ1) is 14.3. The zero-order chi connectivity index (χ0) is 14.5. The molecule has 2 rings (SSSR count). The molecule has 0 aliphatic heterocycles. The van der Waals surface area contributed by atoms with Crippen LogP contribution in [0.1, 0.15) is 15.9 Å². The maximum Gasteiger partial charge on any atom is 0.282 e. The molecule has 0 aliphatic rings. The van der Waals surface area contributed by atoms with Crippen LogP contribution in [0.5, 0.6) is 0 Å². The molecule has 102 valence electrons. The van der Waals surface area contributed by atoms with Crippen LogP contribution in [0.15, 0.2) is 53.4 Å². The molecule has 0 heterocycles. The van der Waals surface area contributed by atoms with Crippen LogP contribution in [0.25, 0.3) is 0 Å². The van der Waals surface area contributed by atoms with E-state index in [-0.39, 0.29) is 17.2 Å². The average molecular weight is 287 g/mol. The highest BCUT2D eigenvalue weighted by molar-refractivity contribution is 8.00. The van der Waals surface area contributed by atoms with Gasteiger partial charge in [-0.05, 0) is 18.6 Å². The van der Waals surface area contributed by atoms with Gasteiger partial charge in [0.05, 0.1) is 15.6 Å². The van der Waals surface area contributed by atoms with Crippen molar-refractivity contribution in [3.8, 4) is 0 Å². The molecule has 0 aliphatic carbocycles. The van der Waals surface area contributed by atoms with Gasteiger partial charge in [0.15, 0.2) is 5.78 Å². The predicted octanol–water partition coefficient (Wildman–Crippen LogP) is 3.88. The van der Waals surface area contributed by atoms with Crippen LogP contribution in [0.4, 0.5) is 5.69 Å². The fraction of sp³-hybridized carbons (Fsp3) is 0.133. The second kappa shape index (κ2) is 6.34. The molecule has 0 saturated carbocycles. The van der Waals surface area contributed by atoms with Crippen molar-refractivity contribution >= 4 is 23.2 Å². The van der Waals surface area contributed by atoms with E-state index in [9.17, 15) is 14.9 Å². The Bertz CT molecular complexity index is 655. The summed E-state index contributed by atoms with van der Waals surface area (Å²) in [4.78, 5) is 23.1. The first-order chi connectivity index (χ1) is 9.59. The molecular formula is C15H13NO3S. The van der Waals surface area contributed by atoms with Crippen molar-refractivity contribution in [2.24, 2.45) is 0 Å². The molecule has 0 saturated heterocycles. The number of rotatable bonds is 5. The smallest absolute Gasteiger partial charge is 0.282 e. The number of nitro groups is 1. The lowest BCUT2D eigenvalue weighted by atomic mass is 10.1. The highest BCUT2D eigenvalue weighted by Gasteiger charge is 2.15. The summed E-state index contributed by atoms with van der Waals surface area (Å²) in [5, 5.41) is 10.9. The van der Waals surface area contributed by atoms with Crippen molar-refractivity contribution in [3.05, 3.63) is 69.8 Å². The van der Waals surface area contributed by atoms with E-state index in [1.54, 1.807) is 24.3 Å². The van der Waals surface area contributed by atoms with E-state index in [2.05, 4.69) is 0 Å². The molecule has 0 atom stereocenters. The standard InChI is InChI=1S/C15H13NO3S/c1-11-6-2-3-7-12(11)14(17)10-20-15-9-5-4-8-13(15)16(18)19/h2-9H,10H2,1H3. The minimum absolute atomic E-state index is 0.0220. The van der Waals surface area contributed by atoms with Gasteiger partial charge in [0, 0.05) is 11.6 Å². The molecule has 0 spiro atoms. The lowest BCUT2D eigenvalue weighted by molar-refractivity contribution is -0.387. The number of carbonyl (C=O) groups excluding carboxylic acids is 1. The maximum absolute atomic E-state index is 12.1. The van der Waals surface area contributed by atoms with Gasteiger partial charge >= 0.3 is 0 Å². The Balaban J connectivity index is 2.12. The number of benzene rings is 2. The van der Waals surface area contributed by atoms with Crippen molar-refractivity contribution in [2.75, 3.05) is 5.75 Å². The van der Waals surface area contributed by atoms with Gasteiger partial charge in [0.2, 0.25) is 0 Å². The van der Waals surface area contributed by atoms with Crippen LogP contribution in [-0.4, -0.2) is 16.5 Å². The summed E-state index contributed by atoms with van der Waals surface area (Å²) in [5.41, 5.74) is 1.62. The summed E-state index contributed by atoms with van der Waals surface area (Å²) in [6.45, 7) is 1.88. The zero-order valence-electron chi connectivity index (χ0n) is 10.9. The van der Waals surface area contributed by atoms with Crippen molar-refractivity contribution in [3.63, 3.8) is 0 Å². The third-order valence-electron chi connectivity index (χ3n) is 2.87. The van der Waals surface area contributed by atoms with E-state index in [0.29, 0.717) is 10.5 Å². The Hall–Kier alpha value is -2.14. The molecular weight excluding hydrogens is 274 g/mol. The third kappa shape index (κ3) is 3.24. The highest BCUT2D eigenvalue weighted by atomic mass is 32.2. The molecule has 20 heavy (non-hydrogen) atoms. The lowest BCUT2D eigenvalue weighted by Gasteiger charge is -2.05. The van der Waals surface area contributed by atoms with E-state index in [4.69, 9.17) is 0 Å². The van der Waals surface area contributed by atoms with Crippen molar-refractivity contribution in [1.82, 2.24) is 0 Å². The fourth-order valence-corrected chi connectivity index (χ4v) is 2.74. The van der Waals surface area contributed by atoms with Crippen LogP contribution in [0, 0.1) is 17.0 Å². The molecule has 0 amide bonds. The predicted molar refractivity (Wildman–Crippen MR) is 79.3 cm³/mol. The minimum atomic E-state index is -0.430. The summed E-state index contributed by atoms with van der Waals surface area (Å²) < 4.78 is 0. The Kier molecular flexibility index (Phi) is 4.53. The Labute approximate surface area is 121 Å². The molecule has 0 N–H and O–H groups in total. The van der Waals surface area contributed by atoms with Gasteiger partial charge in [-0.25, -0.2) is 0 Å². The number of carbonyl (C=O) groups is 1. The zero-order valence-corrected chi connectivity index (χ0v) is 11.7. The van der Waals surface area contributed by atoms with Gasteiger partial charge in [0.1, 0.15) is 0 Å². The number of hydrogen-bond donors (Lipinski definition) is 0. The Morgan fingerprint density at radius 3 is 2.50 bits per heavy atom. The molecule has 2 aromatic carbocycles. The van der Waals surface area contributed by atoms with Gasteiger partial charge < -0.3 is 0 Å². The van der Waals surface area contributed by atoms with Gasteiger partial charge in [-0.15, -0.1) is 11.8 Å². The number of nitrogens with zero attached hydrogens (tertiary/aromatic N) is 1. The van der Waals surface area contributed by atoms with Crippen LogP contribution in [-0.2, 0) is 0 Å². The highest BCUT2D eigenvalue weighted by Crippen LogP contribution is 2.29.